The quantitative estimate of drug-likeness (QED) is 0.337. The summed E-state index contributed by atoms with van der Waals surface area (Å²) in [4.78, 5) is 23.9. The molecule has 0 aliphatic heterocycles. The van der Waals surface area contributed by atoms with E-state index < -0.39 is 33.9 Å². The first-order valence-electron chi connectivity index (χ1n) is 8.29. The fourth-order valence-corrected chi connectivity index (χ4v) is 3.05. The van der Waals surface area contributed by atoms with E-state index in [1.807, 2.05) is 0 Å². The van der Waals surface area contributed by atoms with Gasteiger partial charge in [-0.3, -0.25) is 19.5 Å². The average Bonchev–Trinajstić information content (AvgIpc) is 2.64. The lowest BCUT2D eigenvalue weighted by atomic mass is 10.0. The zero-order valence-corrected chi connectivity index (χ0v) is 16.2. The number of hydroxylamine groups is 1. The Morgan fingerprint density at radius 2 is 1.50 bits per heavy atom. The molecule has 0 aliphatic rings. The van der Waals surface area contributed by atoms with Crippen LogP contribution >= 0.6 is 0 Å². The molecule has 2 amide bonds. The highest BCUT2D eigenvalue weighted by atomic mass is 32.2. The molecule has 0 fully saturated rings. The van der Waals surface area contributed by atoms with Crippen LogP contribution in [0.15, 0.2) is 48.5 Å². The van der Waals surface area contributed by atoms with Gasteiger partial charge < -0.3 is 11.1 Å². The van der Waals surface area contributed by atoms with E-state index in [1.165, 1.54) is 12.4 Å². The van der Waals surface area contributed by atoms with Gasteiger partial charge in [-0.05, 0) is 42.3 Å². The van der Waals surface area contributed by atoms with Crippen LogP contribution in [0, 0.1) is 0 Å². The molecule has 10 heteroatoms. The van der Waals surface area contributed by atoms with Crippen LogP contribution in [0.2, 0.25) is 0 Å². The number of sulfonamides is 1. The molecular weight excluding hydrogens is 384 g/mol. The second kappa shape index (κ2) is 8.83. The van der Waals surface area contributed by atoms with Gasteiger partial charge in [-0.15, -0.1) is 0 Å². The van der Waals surface area contributed by atoms with Crippen LogP contribution in [0.1, 0.15) is 17.3 Å². The van der Waals surface area contributed by atoms with Crippen LogP contribution in [-0.4, -0.2) is 43.8 Å². The molecule has 0 spiro atoms. The lowest BCUT2D eigenvalue weighted by molar-refractivity contribution is -0.131. The van der Waals surface area contributed by atoms with Crippen molar-refractivity contribution in [1.29, 1.82) is 0 Å². The number of nitrogens with two attached hydrogens (primary N) is 1. The summed E-state index contributed by atoms with van der Waals surface area (Å²) in [7, 11) is -3.34. The number of nitrogens with one attached hydrogen (secondary N) is 3. The number of anilines is 1. The van der Waals surface area contributed by atoms with Crippen LogP contribution in [0.3, 0.4) is 0 Å². The van der Waals surface area contributed by atoms with Crippen molar-refractivity contribution in [1.82, 2.24) is 10.8 Å². The molecule has 0 unspecified atom stereocenters. The molecule has 2 atom stereocenters. The second-order valence-corrected chi connectivity index (χ2v) is 8.06. The molecule has 9 nitrogen and oxygen atoms in total. The Kier molecular flexibility index (Phi) is 6.73. The molecule has 6 N–H and O–H groups in total. The molecule has 0 radical (unpaired) electrons. The van der Waals surface area contributed by atoms with Crippen molar-refractivity contribution in [3.63, 3.8) is 0 Å². The summed E-state index contributed by atoms with van der Waals surface area (Å²) in [6, 6.07) is 11.6. The lowest BCUT2D eigenvalue weighted by Gasteiger charge is -2.20. The minimum absolute atomic E-state index is 0.315. The van der Waals surface area contributed by atoms with Gasteiger partial charge in [0, 0.05) is 17.3 Å². The van der Waals surface area contributed by atoms with Crippen LogP contribution in [0.25, 0.3) is 11.1 Å². The topological polar surface area (TPSA) is 151 Å². The average molecular weight is 406 g/mol. The van der Waals surface area contributed by atoms with Crippen LogP contribution in [0.5, 0.6) is 0 Å². The first-order chi connectivity index (χ1) is 13.1. The zero-order valence-electron chi connectivity index (χ0n) is 15.3. The van der Waals surface area contributed by atoms with Gasteiger partial charge in [0.25, 0.3) is 11.8 Å². The van der Waals surface area contributed by atoms with E-state index in [2.05, 4.69) is 10.0 Å². The zero-order chi connectivity index (χ0) is 20.9. The fraction of sp³-hybridized carbons (Fsp3) is 0.222. The van der Waals surface area contributed by atoms with Gasteiger partial charge in [0.05, 0.1) is 6.26 Å². The molecular formula is C18H22N4O5S. The Morgan fingerprint density at radius 1 is 1.00 bits per heavy atom. The first-order valence-corrected chi connectivity index (χ1v) is 10.2. The van der Waals surface area contributed by atoms with Crippen molar-refractivity contribution in [2.24, 2.45) is 5.73 Å². The van der Waals surface area contributed by atoms with E-state index >= 15 is 0 Å². The summed E-state index contributed by atoms with van der Waals surface area (Å²) in [5.41, 5.74) is 9.55. The Bertz CT molecular complexity index is 941. The maximum atomic E-state index is 12.3. The highest BCUT2D eigenvalue weighted by molar-refractivity contribution is 7.92. The Morgan fingerprint density at radius 3 is 1.93 bits per heavy atom. The second-order valence-electron chi connectivity index (χ2n) is 6.32. The Balaban J connectivity index is 2.12. The predicted molar refractivity (Wildman–Crippen MR) is 105 cm³/mol. The van der Waals surface area contributed by atoms with Crippen molar-refractivity contribution in [3.8, 4) is 11.1 Å². The number of rotatable bonds is 7. The summed E-state index contributed by atoms with van der Waals surface area (Å²) in [6.07, 6.45) is 1.07. The first kappa shape index (κ1) is 21.4. The van der Waals surface area contributed by atoms with E-state index in [9.17, 15) is 18.0 Å². The molecule has 28 heavy (non-hydrogen) atoms. The molecule has 2 rings (SSSR count). The van der Waals surface area contributed by atoms with Crippen molar-refractivity contribution >= 4 is 27.5 Å². The maximum absolute atomic E-state index is 12.3. The van der Waals surface area contributed by atoms with Gasteiger partial charge in [-0.2, -0.15) is 0 Å². The molecule has 150 valence electrons. The van der Waals surface area contributed by atoms with E-state index in [0.717, 1.165) is 17.4 Å². The predicted octanol–water partition coefficient (Wildman–Crippen LogP) is 0.676. The number of carbonyl (C=O) groups excluding carboxylic acids is 2. The molecule has 2 aromatic rings. The molecule has 0 bridgehead atoms. The van der Waals surface area contributed by atoms with Gasteiger partial charge in [-0.25, -0.2) is 13.9 Å². The highest BCUT2D eigenvalue weighted by Crippen LogP contribution is 2.22. The minimum atomic E-state index is -3.34. The van der Waals surface area contributed by atoms with Gasteiger partial charge >= 0.3 is 0 Å². The summed E-state index contributed by atoms with van der Waals surface area (Å²) in [6.45, 7) is 1.53. The normalized spacial score (nSPS) is 13.3. The summed E-state index contributed by atoms with van der Waals surface area (Å²) in [5.74, 6) is -1.31. The Labute approximate surface area is 162 Å². The minimum Gasteiger partial charge on any atom is -0.339 e. The molecule has 0 saturated carbocycles. The SMILES string of the molecule is C[C@@H](N)[C@H](NC(=O)c1ccc(-c2ccc(NS(C)(=O)=O)cc2)cc1)C(=O)NO. The number of carbonyl (C=O) groups is 2. The summed E-state index contributed by atoms with van der Waals surface area (Å²) in [5, 5.41) is 11.2. The third-order valence-electron chi connectivity index (χ3n) is 3.87. The lowest BCUT2D eigenvalue weighted by Crippen LogP contribution is -2.54. The maximum Gasteiger partial charge on any atom is 0.267 e. The smallest absolute Gasteiger partial charge is 0.267 e. The van der Waals surface area contributed by atoms with Crippen molar-refractivity contribution in [3.05, 3.63) is 54.1 Å². The number of hydrogen-bond donors (Lipinski definition) is 5. The van der Waals surface area contributed by atoms with Crippen LogP contribution in [-0.2, 0) is 14.8 Å². The number of amides is 2. The Hall–Kier alpha value is -2.95. The van der Waals surface area contributed by atoms with Gasteiger partial charge in [0.1, 0.15) is 6.04 Å². The third kappa shape index (κ3) is 5.78. The van der Waals surface area contributed by atoms with Gasteiger partial charge in [0.2, 0.25) is 10.0 Å². The number of hydrogen-bond acceptors (Lipinski definition) is 6. The van der Waals surface area contributed by atoms with E-state index in [4.69, 9.17) is 10.9 Å². The molecule has 0 aliphatic carbocycles. The molecule has 0 saturated heterocycles. The number of benzene rings is 2. The van der Waals surface area contributed by atoms with E-state index in [0.29, 0.717) is 11.3 Å². The highest BCUT2D eigenvalue weighted by Gasteiger charge is 2.24. The van der Waals surface area contributed by atoms with Crippen LogP contribution in [0.4, 0.5) is 5.69 Å². The monoisotopic (exact) mass is 406 g/mol. The van der Waals surface area contributed by atoms with Crippen molar-refractivity contribution in [2.45, 2.75) is 19.0 Å². The summed E-state index contributed by atoms with van der Waals surface area (Å²) < 4.78 is 24.9. The standard InChI is InChI=1S/C18H22N4O5S/c1-11(19)16(18(24)21-25)20-17(23)14-5-3-12(4-6-14)13-7-9-15(10-8-13)22-28(2,26)27/h3-11,16,22,25H,19H2,1-2H3,(H,20,23)(H,21,24)/t11-,16+/m1/s1. The third-order valence-corrected chi connectivity index (χ3v) is 4.48. The van der Waals surface area contributed by atoms with Gasteiger partial charge in [-0.1, -0.05) is 24.3 Å². The fourth-order valence-electron chi connectivity index (χ4n) is 2.49. The summed E-state index contributed by atoms with van der Waals surface area (Å²) >= 11 is 0. The van der Waals surface area contributed by atoms with E-state index in [1.54, 1.807) is 48.5 Å². The molecule has 0 heterocycles. The van der Waals surface area contributed by atoms with Crippen LogP contribution < -0.4 is 21.3 Å². The van der Waals surface area contributed by atoms with E-state index in [-0.39, 0.29) is 0 Å². The molecule has 0 aromatic heterocycles. The largest absolute Gasteiger partial charge is 0.339 e. The van der Waals surface area contributed by atoms with Crippen molar-refractivity contribution in [2.75, 3.05) is 11.0 Å². The van der Waals surface area contributed by atoms with Crippen molar-refractivity contribution < 1.29 is 23.2 Å². The molecule has 2 aromatic carbocycles. The van der Waals surface area contributed by atoms with Gasteiger partial charge in [0.15, 0.2) is 0 Å².